The summed E-state index contributed by atoms with van der Waals surface area (Å²) in [6.45, 7) is 0.825. The van der Waals surface area contributed by atoms with Crippen molar-refractivity contribution in [3.8, 4) is 5.75 Å². The van der Waals surface area contributed by atoms with Gasteiger partial charge in [0.2, 0.25) is 5.91 Å². The lowest BCUT2D eigenvalue weighted by atomic mass is 10.1. The highest BCUT2D eigenvalue weighted by atomic mass is 35.5. The van der Waals surface area contributed by atoms with Gasteiger partial charge < -0.3 is 15.4 Å². The van der Waals surface area contributed by atoms with Gasteiger partial charge in [-0.05, 0) is 30.2 Å². The van der Waals surface area contributed by atoms with Crippen LogP contribution in [-0.2, 0) is 11.2 Å². The van der Waals surface area contributed by atoms with Crippen molar-refractivity contribution in [2.45, 2.75) is 6.42 Å². The zero-order chi connectivity index (χ0) is 15.8. The summed E-state index contributed by atoms with van der Waals surface area (Å²) >= 11 is 6.03. The second kappa shape index (κ2) is 8.29. The van der Waals surface area contributed by atoms with Crippen molar-refractivity contribution < 1.29 is 9.53 Å². The van der Waals surface area contributed by atoms with E-state index in [-0.39, 0.29) is 12.5 Å². The Morgan fingerprint density at radius 1 is 1.18 bits per heavy atom. The number of anilines is 1. The average molecular weight is 319 g/mol. The number of hydrogen-bond acceptors (Lipinski definition) is 3. The zero-order valence-corrected chi connectivity index (χ0v) is 13.2. The van der Waals surface area contributed by atoms with Crippen LogP contribution in [0.1, 0.15) is 5.56 Å². The Kier molecular flexibility index (Phi) is 6.10. The van der Waals surface area contributed by atoms with Crippen LogP contribution in [0.3, 0.4) is 0 Å². The summed E-state index contributed by atoms with van der Waals surface area (Å²) in [5.74, 6) is 0.558. The number of carbonyl (C=O) groups excluding carboxylic acids is 1. The molecule has 0 aromatic heterocycles. The van der Waals surface area contributed by atoms with Gasteiger partial charge >= 0.3 is 0 Å². The van der Waals surface area contributed by atoms with Gasteiger partial charge in [0.25, 0.3) is 0 Å². The van der Waals surface area contributed by atoms with Crippen molar-refractivity contribution in [2.75, 3.05) is 25.5 Å². The highest BCUT2D eigenvalue weighted by Crippen LogP contribution is 2.26. The monoisotopic (exact) mass is 318 g/mol. The number of methoxy groups -OCH3 is 1. The molecule has 0 heterocycles. The first-order valence-electron chi connectivity index (χ1n) is 7.07. The Bertz CT molecular complexity index is 617. The Morgan fingerprint density at radius 3 is 2.64 bits per heavy atom. The maximum Gasteiger partial charge on any atom is 0.239 e. The standard InChI is InChI=1S/C17H19ClN2O2/c1-22-16-8-7-14(11-15(16)18)20-12-17(21)19-10-9-13-5-3-2-4-6-13/h2-8,11,20H,9-10,12H2,1H3,(H,19,21). The zero-order valence-electron chi connectivity index (χ0n) is 12.4. The number of halogens is 1. The molecule has 0 aliphatic heterocycles. The highest BCUT2D eigenvalue weighted by Gasteiger charge is 2.04. The molecular weight excluding hydrogens is 300 g/mol. The number of benzene rings is 2. The number of ether oxygens (including phenoxy) is 1. The van der Waals surface area contributed by atoms with E-state index in [4.69, 9.17) is 16.3 Å². The minimum Gasteiger partial charge on any atom is -0.495 e. The predicted octanol–water partition coefficient (Wildman–Crippen LogP) is 3.12. The van der Waals surface area contributed by atoms with Crippen LogP contribution in [0.4, 0.5) is 5.69 Å². The van der Waals surface area contributed by atoms with Crippen LogP contribution in [0.2, 0.25) is 5.02 Å². The summed E-state index contributed by atoms with van der Waals surface area (Å²) in [5.41, 5.74) is 1.99. The molecule has 0 spiro atoms. The molecule has 116 valence electrons. The molecular formula is C17H19ClN2O2. The van der Waals surface area contributed by atoms with Gasteiger partial charge in [0.1, 0.15) is 5.75 Å². The van der Waals surface area contributed by atoms with Gasteiger partial charge in [-0.3, -0.25) is 4.79 Å². The first-order chi connectivity index (χ1) is 10.7. The normalized spacial score (nSPS) is 10.1. The molecule has 4 nitrogen and oxygen atoms in total. The van der Waals surface area contributed by atoms with E-state index in [0.29, 0.717) is 17.3 Å². The van der Waals surface area contributed by atoms with Crippen LogP contribution in [0.5, 0.6) is 5.75 Å². The third-order valence-electron chi connectivity index (χ3n) is 3.18. The topological polar surface area (TPSA) is 50.4 Å². The van der Waals surface area contributed by atoms with Gasteiger partial charge in [0.15, 0.2) is 0 Å². The molecule has 0 radical (unpaired) electrons. The van der Waals surface area contributed by atoms with Gasteiger partial charge in [0, 0.05) is 12.2 Å². The van der Waals surface area contributed by atoms with Crippen LogP contribution >= 0.6 is 11.6 Å². The van der Waals surface area contributed by atoms with Crippen molar-refractivity contribution in [1.29, 1.82) is 0 Å². The molecule has 0 aliphatic carbocycles. The molecule has 1 amide bonds. The van der Waals surface area contributed by atoms with E-state index >= 15 is 0 Å². The smallest absolute Gasteiger partial charge is 0.239 e. The number of nitrogens with one attached hydrogen (secondary N) is 2. The Morgan fingerprint density at radius 2 is 1.95 bits per heavy atom. The summed E-state index contributed by atoms with van der Waals surface area (Å²) in [7, 11) is 1.56. The lowest BCUT2D eigenvalue weighted by Gasteiger charge is -2.09. The third-order valence-corrected chi connectivity index (χ3v) is 3.48. The summed E-state index contributed by atoms with van der Waals surface area (Å²) in [4.78, 5) is 11.8. The Labute approximate surface area is 135 Å². The van der Waals surface area contributed by atoms with E-state index in [9.17, 15) is 4.79 Å². The van der Waals surface area contributed by atoms with Gasteiger partial charge in [-0.1, -0.05) is 41.9 Å². The maximum atomic E-state index is 11.8. The Hall–Kier alpha value is -2.20. The summed E-state index contributed by atoms with van der Waals surface area (Å²) < 4.78 is 5.08. The minimum atomic E-state index is -0.0529. The van der Waals surface area contributed by atoms with Gasteiger partial charge in [-0.15, -0.1) is 0 Å². The fourth-order valence-corrected chi connectivity index (χ4v) is 2.27. The summed E-state index contributed by atoms with van der Waals surface area (Å²) in [6.07, 6.45) is 0.820. The molecule has 2 N–H and O–H groups in total. The molecule has 5 heteroatoms. The Balaban J connectivity index is 1.72. The maximum absolute atomic E-state index is 11.8. The van der Waals surface area contributed by atoms with E-state index in [1.54, 1.807) is 19.2 Å². The van der Waals surface area contributed by atoms with E-state index in [2.05, 4.69) is 10.6 Å². The van der Waals surface area contributed by atoms with Crippen LogP contribution in [0.25, 0.3) is 0 Å². The lowest BCUT2D eigenvalue weighted by molar-refractivity contribution is -0.119. The largest absolute Gasteiger partial charge is 0.495 e. The molecule has 2 rings (SSSR count). The van der Waals surface area contributed by atoms with Crippen LogP contribution in [-0.4, -0.2) is 26.1 Å². The van der Waals surface area contributed by atoms with Gasteiger partial charge in [-0.2, -0.15) is 0 Å². The number of carbonyl (C=O) groups is 1. The van der Waals surface area contributed by atoms with Crippen LogP contribution in [0, 0.1) is 0 Å². The SMILES string of the molecule is COc1ccc(NCC(=O)NCCc2ccccc2)cc1Cl. The fraction of sp³-hybridized carbons (Fsp3) is 0.235. The molecule has 2 aromatic rings. The number of rotatable bonds is 7. The van der Waals surface area contributed by atoms with Crippen molar-refractivity contribution in [2.24, 2.45) is 0 Å². The van der Waals surface area contributed by atoms with Crippen molar-refractivity contribution in [1.82, 2.24) is 5.32 Å². The molecule has 0 saturated carbocycles. The van der Waals surface area contributed by atoms with E-state index in [0.717, 1.165) is 12.1 Å². The molecule has 22 heavy (non-hydrogen) atoms. The van der Waals surface area contributed by atoms with Gasteiger partial charge in [0.05, 0.1) is 18.7 Å². The second-order valence-electron chi connectivity index (χ2n) is 4.79. The summed E-state index contributed by atoms with van der Waals surface area (Å²) in [6, 6.07) is 15.4. The van der Waals surface area contributed by atoms with Crippen LogP contribution < -0.4 is 15.4 Å². The molecule has 0 saturated heterocycles. The number of amides is 1. The molecule has 0 atom stereocenters. The average Bonchev–Trinajstić information content (AvgIpc) is 2.54. The highest BCUT2D eigenvalue weighted by molar-refractivity contribution is 6.32. The molecule has 0 bridgehead atoms. The van der Waals surface area contributed by atoms with Crippen molar-refractivity contribution >= 4 is 23.2 Å². The second-order valence-corrected chi connectivity index (χ2v) is 5.20. The summed E-state index contributed by atoms with van der Waals surface area (Å²) in [5, 5.41) is 6.42. The molecule has 2 aromatic carbocycles. The van der Waals surface area contributed by atoms with Crippen molar-refractivity contribution in [3.05, 3.63) is 59.1 Å². The quantitative estimate of drug-likeness (QED) is 0.824. The fourth-order valence-electron chi connectivity index (χ4n) is 2.01. The number of hydrogen-bond donors (Lipinski definition) is 2. The van der Waals surface area contributed by atoms with E-state index in [1.165, 1.54) is 5.56 Å². The molecule has 0 unspecified atom stereocenters. The van der Waals surface area contributed by atoms with E-state index in [1.807, 2.05) is 36.4 Å². The molecule has 0 fully saturated rings. The minimum absolute atomic E-state index is 0.0529. The van der Waals surface area contributed by atoms with Crippen molar-refractivity contribution in [3.63, 3.8) is 0 Å². The first kappa shape index (κ1) is 16.2. The van der Waals surface area contributed by atoms with Crippen LogP contribution in [0.15, 0.2) is 48.5 Å². The predicted molar refractivity (Wildman–Crippen MR) is 89.6 cm³/mol. The lowest BCUT2D eigenvalue weighted by Crippen LogP contribution is -2.31. The van der Waals surface area contributed by atoms with Gasteiger partial charge in [-0.25, -0.2) is 0 Å². The first-order valence-corrected chi connectivity index (χ1v) is 7.45. The van der Waals surface area contributed by atoms with E-state index < -0.39 is 0 Å². The third kappa shape index (κ3) is 4.97. The molecule has 0 aliphatic rings.